The topological polar surface area (TPSA) is 91.4 Å². The van der Waals surface area contributed by atoms with E-state index >= 15 is 0 Å². The molecule has 0 aliphatic heterocycles. The standard InChI is InChI=1S/C23H23ClN2O4/c1-13-9-22(27)19(14(2)26-13)12-25-21-11-17(20(24)10-18(21)23(28)29)15(3)30-16-7-5-4-6-8-16/h4-11,15,25H,12H2,1-3H3,(H,26,27)(H,28,29). The van der Waals surface area contributed by atoms with E-state index in [9.17, 15) is 14.7 Å². The molecule has 156 valence electrons. The quantitative estimate of drug-likeness (QED) is 0.489. The van der Waals surface area contributed by atoms with Crippen molar-refractivity contribution in [1.29, 1.82) is 0 Å². The molecule has 7 heteroatoms. The van der Waals surface area contributed by atoms with Gasteiger partial charge in [0, 0.05) is 45.8 Å². The number of ether oxygens (including phenoxy) is 1. The lowest BCUT2D eigenvalue weighted by Gasteiger charge is -2.19. The van der Waals surface area contributed by atoms with Crippen molar-refractivity contribution in [3.05, 3.63) is 91.9 Å². The highest BCUT2D eigenvalue weighted by Gasteiger charge is 2.19. The number of anilines is 1. The lowest BCUT2D eigenvalue weighted by molar-refractivity contribution is 0.0697. The van der Waals surface area contributed by atoms with E-state index in [1.807, 2.05) is 51.1 Å². The summed E-state index contributed by atoms with van der Waals surface area (Å²) in [4.78, 5) is 27.2. The Morgan fingerprint density at radius 1 is 1.20 bits per heavy atom. The Labute approximate surface area is 179 Å². The summed E-state index contributed by atoms with van der Waals surface area (Å²) in [5.41, 5.74) is 2.97. The van der Waals surface area contributed by atoms with Crippen LogP contribution in [0.2, 0.25) is 5.02 Å². The summed E-state index contributed by atoms with van der Waals surface area (Å²) in [6.07, 6.45) is -0.409. The number of carbonyl (C=O) groups is 1. The number of aromatic nitrogens is 1. The Morgan fingerprint density at radius 3 is 2.53 bits per heavy atom. The lowest BCUT2D eigenvalue weighted by atomic mass is 10.0. The predicted octanol–water partition coefficient (Wildman–Crippen LogP) is 5.10. The second-order valence-electron chi connectivity index (χ2n) is 7.07. The number of carboxylic acids is 1. The van der Waals surface area contributed by atoms with E-state index in [1.165, 1.54) is 12.1 Å². The molecule has 1 aromatic heterocycles. The number of hydrogen-bond acceptors (Lipinski definition) is 4. The molecule has 0 aliphatic rings. The molecule has 30 heavy (non-hydrogen) atoms. The van der Waals surface area contributed by atoms with Crippen LogP contribution in [0.3, 0.4) is 0 Å². The molecule has 0 amide bonds. The van der Waals surface area contributed by atoms with Crippen molar-refractivity contribution in [2.75, 3.05) is 5.32 Å². The van der Waals surface area contributed by atoms with Gasteiger partial charge in [-0.2, -0.15) is 0 Å². The Kier molecular flexibility index (Phi) is 6.47. The van der Waals surface area contributed by atoms with Crippen LogP contribution < -0.4 is 15.5 Å². The lowest BCUT2D eigenvalue weighted by Crippen LogP contribution is -2.17. The van der Waals surface area contributed by atoms with Crippen LogP contribution in [0, 0.1) is 13.8 Å². The van der Waals surface area contributed by atoms with Gasteiger partial charge >= 0.3 is 5.97 Å². The second-order valence-corrected chi connectivity index (χ2v) is 7.48. The first-order valence-corrected chi connectivity index (χ1v) is 9.85. The minimum Gasteiger partial charge on any atom is -0.486 e. The van der Waals surface area contributed by atoms with Gasteiger partial charge in [0.15, 0.2) is 5.43 Å². The normalized spacial score (nSPS) is 11.7. The number of aryl methyl sites for hydroxylation is 2. The summed E-state index contributed by atoms with van der Waals surface area (Å²) in [6, 6.07) is 13.9. The van der Waals surface area contributed by atoms with Crippen LogP contribution in [-0.2, 0) is 6.54 Å². The third kappa shape index (κ3) is 4.83. The predicted molar refractivity (Wildman–Crippen MR) is 118 cm³/mol. The zero-order valence-electron chi connectivity index (χ0n) is 17.0. The fraction of sp³-hybridized carbons (Fsp3) is 0.217. The summed E-state index contributed by atoms with van der Waals surface area (Å²) in [5, 5.41) is 13.0. The van der Waals surface area contributed by atoms with Gasteiger partial charge in [0.1, 0.15) is 11.9 Å². The van der Waals surface area contributed by atoms with E-state index in [0.29, 0.717) is 27.6 Å². The van der Waals surface area contributed by atoms with Gasteiger partial charge in [0.05, 0.1) is 5.56 Å². The van der Waals surface area contributed by atoms with Gasteiger partial charge < -0.3 is 20.1 Å². The van der Waals surface area contributed by atoms with Crippen LogP contribution in [0.15, 0.2) is 53.3 Å². The van der Waals surface area contributed by atoms with Crippen molar-refractivity contribution >= 4 is 23.3 Å². The molecule has 1 heterocycles. The molecule has 3 aromatic rings. The molecule has 0 saturated carbocycles. The number of hydrogen-bond donors (Lipinski definition) is 3. The first kappa shape index (κ1) is 21.5. The van der Waals surface area contributed by atoms with E-state index in [0.717, 1.165) is 11.4 Å². The highest BCUT2D eigenvalue weighted by molar-refractivity contribution is 6.32. The fourth-order valence-electron chi connectivity index (χ4n) is 3.27. The molecular weight excluding hydrogens is 404 g/mol. The van der Waals surface area contributed by atoms with E-state index in [2.05, 4.69) is 10.3 Å². The molecule has 1 atom stereocenters. The van der Waals surface area contributed by atoms with Crippen LogP contribution in [0.5, 0.6) is 5.75 Å². The van der Waals surface area contributed by atoms with Gasteiger partial charge in [0.2, 0.25) is 0 Å². The number of H-pyrrole nitrogens is 1. The third-order valence-electron chi connectivity index (χ3n) is 4.80. The highest BCUT2D eigenvalue weighted by Crippen LogP contribution is 2.32. The zero-order valence-corrected chi connectivity index (χ0v) is 17.7. The van der Waals surface area contributed by atoms with Crippen molar-refractivity contribution in [1.82, 2.24) is 4.98 Å². The SMILES string of the molecule is Cc1cc(=O)c(CNc2cc(C(C)Oc3ccccc3)c(Cl)cc2C(=O)O)c(C)[nH]1. The Hall–Kier alpha value is -3.25. The molecule has 0 saturated heterocycles. The molecule has 6 nitrogen and oxygen atoms in total. The number of aromatic amines is 1. The van der Waals surface area contributed by atoms with Crippen LogP contribution in [0.25, 0.3) is 0 Å². The smallest absolute Gasteiger partial charge is 0.337 e. The van der Waals surface area contributed by atoms with Gasteiger partial charge in [-0.3, -0.25) is 4.79 Å². The maximum absolute atomic E-state index is 12.3. The van der Waals surface area contributed by atoms with E-state index in [4.69, 9.17) is 16.3 Å². The van der Waals surface area contributed by atoms with E-state index in [-0.39, 0.29) is 17.5 Å². The zero-order chi connectivity index (χ0) is 21.8. The average molecular weight is 427 g/mol. The summed E-state index contributed by atoms with van der Waals surface area (Å²) >= 11 is 6.37. The largest absolute Gasteiger partial charge is 0.486 e. The van der Waals surface area contributed by atoms with E-state index < -0.39 is 12.1 Å². The van der Waals surface area contributed by atoms with Gasteiger partial charge in [0.25, 0.3) is 0 Å². The summed E-state index contributed by atoms with van der Waals surface area (Å²) in [5.74, 6) is -0.434. The maximum atomic E-state index is 12.3. The van der Waals surface area contributed by atoms with Crippen molar-refractivity contribution in [3.63, 3.8) is 0 Å². The molecule has 0 fully saturated rings. The van der Waals surface area contributed by atoms with Crippen LogP contribution >= 0.6 is 11.6 Å². The first-order chi connectivity index (χ1) is 14.3. The maximum Gasteiger partial charge on any atom is 0.337 e. The van der Waals surface area contributed by atoms with Crippen LogP contribution in [-0.4, -0.2) is 16.1 Å². The molecule has 1 unspecified atom stereocenters. The third-order valence-corrected chi connectivity index (χ3v) is 5.13. The molecule has 0 spiro atoms. The number of carboxylic acid groups (broad SMARTS) is 1. The Balaban J connectivity index is 1.92. The Bertz CT molecular complexity index is 1130. The summed E-state index contributed by atoms with van der Waals surface area (Å²) in [7, 11) is 0. The van der Waals surface area contributed by atoms with Crippen molar-refractivity contribution in [3.8, 4) is 5.75 Å². The van der Waals surface area contributed by atoms with Gasteiger partial charge in [-0.1, -0.05) is 29.8 Å². The molecule has 3 rings (SSSR count). The molecule has 3 N–H and O–H groups in total. The van der Waals surface area contributed by atoms with Gasteiger partial charge in [-0.05, 0) is 45.0 Å². The van der Waals surface area contributed by atoms with Crippen molar-refractivity contribution in [2.45, 2.75) is 33.4 Å². The number of benzene rings is 2. The monoisotopic (exact) mass is 426 g/mol. The minimum atomic E-state index is -1.11. The molecule has 0 aliphatic carbocycles. The number of para-hydroxylation sites is 1. The number of halogens is 1. The van der Waals surface area contributed by atoms with Crippen molar-refractivity contribution in [2.24, 2.45) is 0 Å². The van der Waals surface area contributed by atoms with Crippen LogP contribution in [0.4, 0.5) is 5.69 Å². The van der Waals surface area contributed by atoms with Gasteiger partial charge in [-0.25, -0.2) is 4.79 Å². The number of nitrogens with one attached hydrogen (secondary N) is 2. The average Bonchev–Trinajstić information content (AvgIpc) is 2.68. The number of pyridine rings is 1. The van der Waals surface area contributed by atoms with Crippen LogP contribution in [0.1, 0.15) is 45.9 Å². The number of rotatable bonds is 7. The summed E-state index contributed by atoms with van der Waals surface area (Å²) in [6.45, 7) is 5.64. The van der Waals surface area contributed by atoms with Crippen molar-refractivity contribution < 1.29 is 14.6 Å². The fourth-order valence-corrected chi connectivity index (χ4v) is 3.59. The Morgan fingerprint density at radius 2 is 1.90 bits per heavy atom. The molecular formula is C23H23ClN2O4. The molecule has 0 radical (unpaired) electrons. The van der Waals surface area contributed by atoms with Gasteiger partial charge in [-0.15, -0.1) is 0 Å². The highest BCUT2D eigenvalue weighted by atomic mass is 35.5. The minimum absolute atomic E-state index is 0.0249. The molecule has 0 bridgehead atoms. The number of aromatic carboxylic acids is 1. The molecule has 2 aromatic carbocycles. The first-order valence-electron chi connectivity index (χ1n) is 9.48. The summed E-state index contributed by atoms with van der Waals surface area (Å²) < 4.78 is 5.94. The second kappa shape index (κ2) is 9.05. The van der Waals surface area contributed by atoms with E-state index in [1.54, 1.807) is 6.07 Å².